The molecular weight excluding hydrogens is 366 g/mol. The molecule has 1 saturated heterocycles. The number of piperidine rings is 1. The topological polar surface area (TPSA) is 94.2 Å². The van der Waals surface area contributed by atoms with Crippen molar-refractivity contribution in [3.63, 3.8) is 0 Å². The van der Waals surface area contributed by atoms with Gasteiger partial charge in [-0.1, -0.05) is 19.1 Å². The van der Waals surface area contributed by atoms with Crippen molar-refractivity contribution in [3.8, 4) is 0 Å². The molecule has 0 spiro atoms. The lowest BCUT2D eigenvalue weighted by Crippen LogP contribution is -2.27. The summed E-state index contributed by atoms with van der Waals surface area (Å²) in [6, 6.07) is 8.12. The fourth-order valence-electron chi connectivity index (χ4n) is 4.38. The number of fused-ring (bicyclic) bond motifs is 1. The second-order valence-corrected chi connectivity index (χ2v) is 7.79. The third-order valence-electron chi connectivity index (χ3n) is 5.91. The lowest BCUT2D eigenvalue weighted by molar-refractivity contribution is -0.137. The van der Waals surface area contributed by atoms with E-state index in [-0.39, 0.29) is 12.3 Å². The van der Waals surface area contributed by atoms with Crippen LogP contribution in [0, 0.1) is 0 Å². The fraction of sp³-hybridized carbons (Fsp3) is 0.391. The number of aromatic amines is 1. The lowest BCUT2D eigenvalue weighted by Gasteiger charge is -2.25. The van der Waals surface area contributed by atoms with Crippen molar-refractivity contribution in [2.75, 3.05) is 18.4 Å². The summed E-state index contributed by atoms with van der Waals surface area (Å²) in [5.74, 6) is -0.484. The number of carbonyl (C=O) groups is 2. The van der Waals surface area contributed by atoms with E-state index in [9.17, 15) is 9.59 Å². The van der Waals surface area contributed by atoms with Crippen LogP contribution in [0.1, 0.15) is 60.2 Å². The molecule has 1 aromatic heterocycles. The van der Waals surface area contributed by atoms with Gasteiger partial charge in [-0.05, 0) is 74.0 Å². The van der Waals surface area contributed by atoms with Gasteiger partial charge in [-0.15, -0.1) is 0 Å². The van der Waals surface area contributed by atoms with Gasteiger partial charge in [0.2, 0.25) is 0 Å². The average Bonchev–Trinajstić information content (AvgIpc) is 3.27. The van der Waals surface area contributed by atoms with Crippen LogP contribution in [0.25, 0.3) is 11.6 Å². The number of carbonyl (C=O) groups excluding carboxylic acids is 1. The molecular formula is C23H27N3O3. The van der Waals surface area contributed by atoms with Gasteiger partial charge in [-0.2, -0.15) is 0 Å². The zero-order valence-electron chi connectivity index (χ0n) is 16.7. The molecule has 2 aliphatic heterocycles. The number of H-pyrrole nitrogens is 1. The summed E-state index contributed by atoms with van der Waals surface area (Å²) in [5.41, 5.74) is 6.58. The first-order valence-electron chi connectivity index (χ1n) is 10.4. The Balaban J connectivity index is 1.76. The van der Waals surface area contributed by atoms with Crippen LogP contribution in [-0.4, -0.2) is 35.1 Å². The van der Waals surface area contributed by atoms with Crippen LogP contribution in [0.5, 0.6) is 0 Å². The quantitative estimate of drug-likeness (QED) is 0.565. The van der Waals surface area contributed by atoms with Crippen LogP contribution >= 0.6 is 0 Å². The van der Waals surface area contributed by atoms with Gasteiger partial charge < -0.3 is 20.7 Å². The molecule has 3 heterocycles. The molecule has 1 fully saturated rings. The van der Waals surface area contributed by atoms with Gasteiger partial charge in [0.15, 0.2) is 0 Å². The number of hydrogen-bond donors (Lipinski definition) is 4. The van der Waals surface area contributed by atoms with Crippen molar-refractivity contribution in [1.82, 2.24) is 10.3 Å². The molecule has 0 aliphatic carbocycles. The summed E-state index contributed by atoms with van der Waals surface area (Å²) >= 11 is 0. The highest BCUT2D eigenvalue weighted by molar-refractivity contribution is 6.35. The Morgan fingerprint density at radius 1 is 1.28 bits per heavy atom. The summed E-state index contributed by atoms with van der Waals surface area (Å²) < 4.78 is 0. The summed E-state index contributed by atoms with van der Waals surface area (Å²) in [5, 5.41) is 15.5. The van der Waals surface area contributed by atoms with Crippen LogP contribution < -0.4 is 10.6 Å². The number of carboxylic acids is 1. The van der Waals surface area contributed by atoms with Crippen LogP contribution in [0.4, 0.5) is 5.69 Å². The van der Waals surface area contributed by atoms with E-state index in [1.807, 2.05) is 24.3 Å². The molecule has 6 heteroatoms. The van der Waals surface area contributed by atoms with Gasteiger partial charge in [0, 0.05) is 29.1 Å². The molecule has 0 radical (unpaired) electrons. The number of carboxylic acid groups (broad SMARTS) is 1. The third-order valence-corrected chi connectivity index (χ3v) is 5.91. The van der Waals surface area contributed by atoms with Crippen molar-refractivity contribution in [2.45, 2.75) is 44.9 Å². The highest BCUT2D eigenvalue weighted by Gasteiger charge is 2.30. The van der Waals surface area contributed by atoms with Gasteiger partial charge in [0.05, 0.1) is 5.57 Å². The van der Waals surface area contributed by atoms with E-state index in [4.69, 9.17) is 5.11 Å². The minimum absolute atomic E-state index is 0.0697. The number of hydrogen-bond acceptors (Lipinski definition) is 3. The number of rotatable bonds is 6. The van der Waals surface area contributed by atoms with Crippen molar-refractivity contribution in [1.29, 1.82) is 0 Å². The Kier molecular flexibility index (Phi) is 5.53. The smallest absolute Gasteiger partial charge is 0.303 e. The molecule has 1 aromatic carbocycles. The first-order chi connectivity index (χ1) is 14.1. The van der Waals surface area contributed by atoms with Crippen molar-refractivity contribution >= 4 is 29.2 Å². The molecule has 2 aliphatic rings. The predicted octanol–water partition coefficient (Wildman–Crippen LogP) is 3.55. The van der Waals surface area contributed by atoms with Crippen LogP contribution in [-0.2, 0) is 22.4 Å². The van der Waals surface area contributed by atoms with E-state index in [0.717, 1.165) is 60.6 Å². The van der Waals surface area contributed by atoms with Crippen molar-refractivity contribution < 1.29 is 14.7 Å². The zero-order valence-corrected chi connectivity index (χ0v) is 16.7. The van der Waals surface area contributed by atoms with Crippen molar-refractivity contribution in [2.24, 2.45) is 0 Å². The third kappa shape index (κ3) is 3.98. The van der Waals surface area contributed by atoms with Gasteiger partial charge in [-0.25, -0.2) is 0 Å². The highest BCUT2D eigenvalue weighted by atomic mass is 16.4. The van der Waals surface area contributed by atoms with E-state index in [0.29, 0.717) is 17.9 Å². The summed E-state index contributed by atoms with van der Waals surface area (Å²) in [6.45, 7) is 4.03. The van der Waals surface area contributed by atoms with Gasteiger partial charge in [-0.3, -0.25) is 9.59 Å². The zero-order chi connectivity index (χ0) is 20.4. The Morgan fingerprint density at radius 2 is 2.07 bits per heavy atom. The number of amides is 1. The monoisotopic (exact) mass is 393 g/mol. The molecule has 4 rings (SSSR count). The standard InChI is InChI=1S/C23H27N3O3/c1-2-16-12-15(6-7-21(27)28)20(25-16)13-18-22-17(14-8-10-24-11-9-14)4-3-5-19(22)26-23(18)29/h3-5,12-14,24-25H,2,6-11H2,1H3,(H,26,29)(H,27,28)/b18-13-. The predicted molar refractivity (Wildman–Crippen MR) is 114 cm³/mol. The van der Waals surface area contributed by atoms with E-state index in [1.165, 1.54) is 5.56 Å². The molecule has 1 amide bonds. The summed E-state index contributed by atoms with van der Waals surface area (Å²) in [6.07, 6.45) is 5.36. The first kappa shape index (κ1) is 19.5. The molecule has 6 nitrogen and oxygen atoms in total. The SMILES string of the molecule is CCc1cc(CCC(=O)O)c(/C=C2\C(=O)Nc3cccc(C4CCNCC4)c32)[nH]1. The number of benzene rings is 1. The maximum atomic E-state index is 12.8. The van der Waals surface area contributed by atoms with Gasteiger partial charge >= 0.3 is 5.97 Å². The van der Waals surface area contributed by atoms with Crippen LogP contribution in [0.3, 0.4) is 0 Å². The molecule has 0 bridgehead atoms. The van der Waals surface area contributed by atoms with Crippen molar-refractivity contribution in [3.05, 3.63) is 52.3 Å². The van der Waals surface area contributed by atoms with E-state index in [2.05, 4.69) is 28.6 Å². The Labute approximate surface area is 170 Å². The first-order valence-corrected chi connectivity index (χ1v) is 10.4. The molecule has 0 unspecified atom stereocenters. The molecule has 0 atom stereocenters. The maximum absolute atomic E-state index is 12.8. The normalized spacial score (nSPS) is 18.1. The Bertz CT molecular complexity index is 968. The van der Waals surface area contributed by atoms with Crippen LogP contribution in [0.15, 0.2) is 24.3 Å². The largest absolute Gasteiger partial charge is 0.481 e. The number of nitrogens with one attached hydrogen (secondary N) is 3. The minimum Gasteiger partial charge on any atom is -0.481 e. The van der Waals surface area contributed by atoms with E-state index >= 15 is 0 Å². The lowest BCUT2D eigenvalue weighted by atomic mass is 9.85. The van der Waals surface area contributed by atoms with Gasteiger partial charge in [0.1, 0.15) is 0 Å². The van der Waals surface area contributed by atoms with Gasteiger partial charge in [0.25, 0.3) is 5.91 Å². The van der Waals surface area contributed by atoms with E-state index < -0.39 is 5.97 Å². The Morgan fingerprint density at radius 3 is 2.79 bits per heavy atom. The number of aliphatic carboxylic acids is 1. The summed E-state index contributed by atoms with van der Waals surface area (Å²) in [4.78, 5) is 27.2. The molecule has 29 heavy (non-hydrogen) atoms. The van der Waals surface area contributed by atoms with Crippen LogP contribution in [0.2, 0.25) is 0 Å². The molecule has 4 N–H and O–H groups in total. The minimum atomic E-state index is -0.819. The van der Waals surface area contributed by atoms with E-state index in [1.54, 1.807) is 0 Å². The maximum Gasteiger partial charge on any atom is 0.303 e. The second kappa shape index (κ2) is 8.25. The second-order valence-electron chi connectivity index (χ2n) is 7.79. The molecule has 0 saturated carbocycles. The number of anilines is 1. The Hall–Kier alpha value is -2.86. The molecule has 152 valence electrons. The summed E-state index contributed by atoms with van der Waals surface area (Å²) in [7, 11) is 0. The molecule has 2 aromatic rings. The number of aromatic nitrogens is 1. The average molecular weight is 393 g/mol. The number of aryl methyl sites for hydroxylation is 2. The fourth-order valence-corrected chi connectivity index (χ4v) is 4.38. The highest BCUT2D eigenvalue weighted by Crippen LogP contribution is 2.41.